The summed E-state index contributed by atoms with van der Waals surface area (Å²) in [6.45, 7) is 0.0967. The lowest BCUT2D eigenvalue weighted by atomic mass is 10.0. The zero-order valence-electron chi connectivity index (χ0n) is 20.9. The highest BCUT2D eigenvalue weighted by molar-refractivity contribution is 8.02. The second kappa shape index (κ2) is 10.9. The number of β-lactam (4-membered cyclic amide) rings is 1. The number of nitrogens with two attached hydrogens (primary N) is 1. The number of rotatable bonds is 8. The van der Waals surface area contributed by atoms with Crippen molar-refractivity contribution in [2.75, 3.05) is 31.1 Å². The van der Waals surface area contributed by atoms with Gasteiger partial charge >= 0.3 is 5.97 Å². The number of carbonyl (C=O) groups is 3. The number of aromatic nitrogens is 1. The van der Waals surface area contributed by atoms with Crippen molar-refractivity contribution in [1.82, 2.24) is 15.2 Å². The Morgan fingerprint density at radius 2 is 2.07 bits per heavy atom. The van der Waals surface area contributed by atoms with Crippen LogP contribution in [-0.2, 0) is 19.2 Å². The van der Waals surface area contributed by atoms with Crippen LogP contribution in [0.25, 0.3) is 10.1 Å². The number of aliphatic carboxylic acids is 1. The molecule has 4 N–H and O–H groups in total. The van der Waals surface area contributed by atoms with Crippen LogP contribution in [0.3, 0.4) is 0 Å². The summed E-state index contributed by atoms with van der Waals surface area (Å²) in [5, 5.41) is 18.0. The predicted molar refractivity (Wildman–Crippen MR) is 155 cm³/mol. The molecule has 6 rings (SSSR count). The normalized spacial score (nSPS) is 19.7. The van der Waals surface area contributed by atoms with Crippen molar-refractivity contribution < 1.29 is 33.8 Å². The minimum Gasteiger partial charge on any atom is -0.477 e. The number of oxime groups is 1. The van der Waals surface area contributed by atoms with E-state index in [9.17, 15) is 24.3 Å². The summed E-state index contributed by atoms with van der Waals surface area (Å²) in [6, 6.07) is 3.97. The molecule has 1 aromatic carbocycles. The zero-order valence-corrected chi connectivity index (χ0v) is 24.2. The topological polar surface area (TPSA) is 183 Å². The number of amides is 2. The van der Waals surface area contributed by atoms with Gasteiger partial charge in [-0.05, 0) is 11.6 Å². The molecule has 1 fully saturated rings. The third-order valence-corrected chi connectivity index (χ3v) is 10.7. The number of carboxylic acid groups (broad SMARTS) is 1. The largest absolute Gasteiger partial charge is 0.477 e. The molecule has 0 saturated carbocycles. The smallest absolute Gasteiger partial charge is 0.352 e. The maximum atomic E-state index is 13.1. The first kappa shape index (κ1) is 27.4. The number of fused-ring (bicyclic) bond motifs is 3. The van der Waals surface area contributed by atoms with E-state index in [2.05, 4.69) is 15.5 Å². The van der Waals surface area contributed by atoms with Gasteiger partial charge in [-0.2, -0.15) is 0 Å². The minimum absolute atomic E-state index is 0.0967. The van der Waals surface area contributed by atoms with Gasteiger partial charge in [-0.3, -0.25) is 19.3 Å². The number of nitrogens with zero attached hydrogens (tertiary/aromatic N) is 3. The van der Waals surface area contributed by atoms with Gasteiger partial charge in [-0.1, -0.05) is 5.16 Å². The Morgan fingerprint density at radius 1 is 1.29 bits per heavy atom. The molecule has 2 atom stereocenters. The standard InChI is InChI=1S/C24H19N5O8S4/c1-35-28-17(11-7-40-24(25)26-11)20(31)27-18-21(32)29-19(23(33)34)9(6-39-22(18)29)5-38-16-3-12(30)10-2-13-14(37-8-36-13)4-15(10)41-16/h2-4,7,18,22H,5-6,8H2,1H3,(H2,25,26)(H,27,31)(H,33,34)/b28-17+/t18-,22-/m1/s1. The number of nitrogens with one attached hydrogen (secondary N) is 1. The lowest BCUT2D eigenvalue weighted by Crippen LogP contribution is -2.71. The van der Waals surface area contributed by atoms with Crippen LogP contribution in [0.2, 0.25) is 0 Å². The van der Waals surface area contributed by atoms with E-state index < -0.39 is 29.2 Å². The average molecular weight is 634 g/mol. The van der Waals surface area contributed by atoms with Gasteiger partial charge in [0, 0.05) is 39.1 Å². The van der Waals surface area contributed by atoms with Crippen LogP contribution in [-0.4, -0.2) is 75.3 Å². The number of benzene rings is 1. The first-order valence-corrected chi connectivity index (χ1v) is 15.5. The van der Waals surface area contributed by atoms with Gasteiger partial charge in [0.15, 0.2) is 27.8 Å². The fourth-order valence-electron chi connectivity index (χ4n) is 4.45. The van der Waals surface area contributed by atoms with Crippen LogP contribution in [0, 0.1) is 0 Å². The predicted octanol–water partition coefficient (Wildman–Crippen LogP) is 1.91. The summed E-state index contributed by atoms with van der Waals surface area (Å²) in [5.74, 6) is -0.847. The van der Waals surface area contributed by atoms with Crippen molar-refractivity contribution in [2.24, 2.45) is 5.16 Å². The quantitative estimate of drug-likeness (QED) is 0.142. The number of hydrogen-bond donors (Lipinski definition) is 3. The van der Waals surface area contributed by atoms with E-state index in [4.69, 9.17) is 20.0 Å². The molecule has 212 valence electrons. The molecule has 3 aromatic rings. The third-order valence-electron chi connectivity index (χ3n) is 6.29. The molecule has 1 saturated heterocycles. The van der Waals surface area contributed by atoms with Gasteiger partial charge in [0.1, 0.15) is 29.9 Å². The summed E-state index contributed by atoms with van der Waals surface area (Å²) in [7, 11) is 1.27. The lowest BCUT2D eigenvalue weighted by Gasteiger charge is -2.49. The van der Waals surface area contributed by atoms with E-state index in [1.807, 2.05) is 0 Å². The molecule has 2 amide bonds. The van der Waals surface area contributed by atoms with Gasteiger partial charge < -0.3 is 30.5 Å². The molecular formula is C24H19N5O8S4. The highest BCUT2D eigenvalue weighted by Gasteiger charge is 2.54. The molecule has 0 unspecified atom stereocenters. The Bertz CT molecular complexity index is 1730. The molecule has 0 bridgehead atoms. The van der Waals surface area contributed by atoms with E-state index in [0.717, 1.165) is 16.0 Å². The highest BCUT2D eigenvalue weighted by Crippen LogP contribution is 2.43. The fraction of sp³-hybridized carbons (Fsp3) is 0.250. The van der Waals surface area contributed by atoms with E-state index in [1.54, 1.807) is 12.1 Å². The Morgan fingerprint density at radius 3 is 2.78 bits per heavy atom. The molecule has 41 heavy (non-hydrogen) atoms. The second-order valence-corrected chi connectivity index (χ2v) is 13.1. The summed E-state index contributed by atoms with van der Waals surface area (Å²) >= 11 is 5.16. The third kappa shape index (κ3) is 4.98. The number of carboxylic acids is 1. The van der Waals surface area contributed by atoms with Gasteiger partial charge in [-0.25, -0.2) is 9.78 Å². The Balaban J connectivity index is 1.19. The number of anilines is 1. The molecule has 2 aromatic heterocycles. The summed E-state index contributed by atoms with van der Waals surface area (Å²) in [5.41, 5.74) is 5.93. The van der Waals surface area contributed by atoms with E-state index in [-0.39, 0.29) is 40.2 Å². The van der Waals surface area contributed by atoms with Crippen LogP contribution in [0.1, 0.15) is 5.69 Å². The molecular weight excluding hydrogens is 615 g/mol. The van der Waals surface area contributed by atoms with Crippen molar-refractivity contribution in [3.05, 3.63) is 50.8 Å². The molecule has 0 aliphatic carbocycles. The van der Waals surface area contributed by atoms with Crippen LogP contribution in [0.15, 0.2) is 49.0 Å². The molecule has 0 radical (unpaired) electrons. The number of ether oxygens (including phenoxy) is 2. The number of thioether (sulfide) groups is 2. The summed E-state index contributed by atoms with van der Waals surface area (Å²) in [4.78, 5) is 61.1. The zero-order chi connectivity index (χ0) is 28.8. The van der Waals surface area contributed by atoms with Crippen molar-refractivity contribution in [1.29, 1.82) is 0 Å². The summed E-state index contributed by atoms with van der Waals surface area (Å²) in [6.07, 6.45) is 0. The van der Waals surface area contributed by atoms with Crippen molar-refractivity contribution in [2.45, 2.75) is 15.6 Å². The van der Waals surface area contributed by atoms with Crippen molar-refractivity contribution >= 4 is 84.9 Å². The van der Waals surface area contributed by atoms with Gasteiger partial charge in [0.05, 0.1) is 4.21 Å². The molecule has 5 heterocycles. The minimum atomic E-state index is -1.25. The van der Waals surface area contributed by atoms with Gasteiger partial charge in [0.2, 0.25) is 6.79 Å². The van der Waals surface area contributed by atoms with E-state index in [0.29, 0.717) is 32.4 Å². The Labute approximate surface area is 247 Å². The first-order valence-electron chi connectivity index (χ1n) is 11.8. The SMILES string of the molecule is CO/N=C(/C(=O)N[C@@H]1C(=O)N2C(C(=O)O)=C(CSc3cc(=O)c4cc5c(cc4s3)OCO5)CS[C@H]12)c1csc(N)n1. The number of hydrogen-bond acceptors (Lipinski definition) is 14. The fourth-order valence-corrected chi connectivity index (χ4v) is 8.72. The molecule has 17 heteroatoms. The van der Waals surface area contributed by atoms with Crippen LogP contribution in [0.5, 0.6) is 11.5 Å². The average Bonchev–Trinajstić information content (AvgIpc) is 3.60. The highest BCUT2D eigenvalue weighted by atomic mass is 32.2. The Hall–Kier alpha value is -3.80. The molecule has 0 spiro atoms. The van der Waals surface area contributed by atoms with Crippen molar-refractivity contribution in [3.8, 4) is 11.5 Å². The number of nitrogen functional groups attached to an aromatic ring is 1. The number of carbonyl (C=O) groups excluding carboxylic acids is 2. The van der Waals surface area contributed by atoms with Gasteiger partial charge in [0.25, 0.3) is 11.8 Å². The van der Waals surface area contributed by atoms with E-state index >= 15 is 0 Å². The van der Waals surface area contributed by atoms with Crippen LogP contribution in [0.4, 0.5) is 5.13 Å². The lowest BCUT2D eigenvalue weighted by molar-refractivity contribution is -0.150. The second-order valence-electron chi connectivity index (χ2n) is 8.73. The maximum Gasteiger partial charge on any atom is 0.352 e. The molecule has 3 aliphatic rings. The van der Waals surface area contributed by atoms with Crippen molar-refractivity contribution in [3.63, 3.8) is 0 Å². The molecule has 3 aliphatic heterocycles. The van der Waals surface area contributed by atoms with E-state index in [1.165, 1.54) is 58.3 Å². The van der Waals surface area contributed by atoms with Crippen LogP contribution < -0.4 is 26.0 Å². The monoisotopic (exact) mass is 633 g/mol. The Kier molecular flexibility index (Phi) is 7.27. The van der Waals surface area contributed by atoms with Crippen LogP contribution >= 0.6 is 46.2 Å². The van der Waals surface area contributed by atoms with Gasteiger partial charge in [-0.15, -0.1) is 46.2 Å². The summed E-state index contributed by atoms with van der Waals surface area (Å²) < 4.78 is 12.2. The maximum absolute atomic E-state index is 13.1. The first-order chi connectivity index (χ1) is 19.7. The number of thiazole rings is 1. The molecule has 13 nitrogen and oxygen atoms in total.